The van der Waals surface area contributed by atoms with E-state index in [-0.39, 0.29) is 5.69 Å². The lowest BCUT2D eigenvalue weighted by molar-refractivity contribution is -0.384. The highest BCUT2D eigenvalue weighted by atomic mass is 32.2. The SMILES string of the molecule is O=[N+]([O-])c1ccc(N=NNCS(=O)(=O)O)cc1. The van der Waals surface area contributed by atoms with E-state index in [9.17, 15) is 18.5 Å². The summed E-state index contributed by atoms with van der Waals surface area (Å²) in [5, 5.41) is 17.1. The first kappa shape index (κ1) is 13.0. The molecule has 1 aromatic carbocycles. The predicted octanol–water partition coefficient (Wildman–Crippen LogP) is 1.03. The Morgan fingerprint density at radius 3 is 2.41 bits per heavy atom. The van der Waals surface area contributed by atoms with Gasteiger partial charge in [0.05, 0.1) is 10.6 Å². The maximum atomic E-state index is 10.3. The van der Waals surface area contributed by atoms with E-state index in [2.05, 4.69) is 10.3 Å². The maximum Gasteiger partial charge on any atom is 0.284 e. The number of benzene rings is 1. The van der Waals surface area contributed by atoms with Crippen molar-refractivity contribution < 1.29 is 17.9 Å². The summed E-state index contributed by atoms with van der Waals surface area (Å²) in [4.78, 5) is 9.77. The van der Waals surface area contributed by atoms with Gasteiger partial charge in [0.25, 0.3) is 15.8 Å². The summed E-state index contributed by atoms with van der Waals surface area (Å²) in [6.07, 6.45) is 0. The largest absolute Gasteiger partial charge is 0.284 e. The van der Waals surface area contributed by atoms with E-state index < -0.39 is 20.9 Å². The minimum Gasteiger partial charge on any atom is -0.284 e. The first-order valence-electron chi connectivity index (χ1n) is 4.22. The Morgan fingerprint density at radius 1 is 1.35 bits per heavy atom. The third-order valence-corrected chi connectivity index (χ3v) is 2.04. The third kappa shape index (κ3) is 4.99. The van der Waals surface area contributed by atoms with Crippen LogP contribution in [0.25, 0.3) is 0 Å². The molecule has 17 heavy (non-hydrogen) atoms. The minimum atomic E-state index is -4.15. The molecule has 0 aliphatic heterocycles. The molecule has 0 spiro atoms. The van der Waals surface area contributed by atoms with Crippen molar-refractivity contribution in [2.24, 2.45) is 10.3 Å². The van der Waals surface area contributed by atoms with Gasteiger partial charge < -0.3 is 0 Å². The number of nitrogens with one attached hydrogen (secondary N) is 1. The molecule has 10 heteroatoms. The van der Waals surface area contributed by atoms with Gasteiger partial charge in [0.1, 0.15) is 0 Å². The zero-order chi connectivity index (χ0) is 12.9. The highest BCUT2D eigenvalue weighted by Crippen LogP contribution is 2.17. The van der Waals surface area contributed by atoms with E-state index in [4.69, 9.17) is 4.55 Å². The van der Waals surface area contributed by atoms with Gasteiger partial charge in [-0.25, -0.2) is 0 Å². The summed E-state index contributed by atoms with van der Waals surface area (Å²) in [6.45, 7) is 0. The van der Waals surface area contributed by atoms with Crippen molar-refractivity contribution in [2.45, 2.75) is 0 Å². The zero-order valence-corrected chi connectivity index (χ0v) is 9.16. The molecule has 9 nitrogen and oxygen atoms in total. The van der Waals surface area contributed by atoms with Crippen LogP contribution in [0.1, 0.15) is 0 Å². The van der Waals surface area contributed by atoms with Crippen molar-refractivity contribution >= 4 is 21.5 Å². The summed E-state index contributed by atoms with van der Waals surface area (Å²) in [7, 11) is -4.15. The second kappa shape index (κ2) is 5.32. The van der Waals surface area contributed by atoms with Crippen LogP contribution in [0.4, 0.5) is 11.4 Å². The van der Waals surface area contributed by atoms with Gasteiger partial charge in [0.15, 0.2) is 5.88 Å². The first-order chi connectivity index (χ1) is 7.88. The van der Waals surface area contributed by atoms with Crippen LogP contribution in [0.15, 0.2) is 34.6 Å². The highest BCUT2D eigenvalue weighted by molar-refractivity contribution is 7.85. The standard InChI is InChI=1S/C7H8N4O5S/c12-11(13)7-3-1-6(2-4-7)9-10-8-5-17(14,15)16/h1-4H,5H2,(H,8,9)(H,14,15,16). The average molecular weight is 260 g/mol. The van der Waals surface area contributed by atoms with Crippen LogP contribution in [0.2, 0.25) is 0 Å². The molecule has 0 radical (unpaired) electrons. The van der Waals surface area contributed by atoms with Gasteiger partial charge in [-0.05, 0) is 12.1 Å². The molecule has 0 aromatic heterocycles. The number of nitro groups is 1. The van der Waals surface area contributed by atoms with Crippen LogP contribution in [-0.4, -0.2) is 23.8 Å². The summed E-state index contributed by atoms with van der Waals surface area (Å²) in [6, 6.07) is 5.15. The van der Waals surface area contributed by atoms with E-state index in [1.165, 1.54) is 24.3 Å². The number of nitrogens with zero attached hydrogens (tertiary/aromatic N) is 3. The Morgan fingerprint density at radius 2 is 1.94 bits per heavy atom. The fourth-order valence-corrected chi connectivity index (χ4v) is 1.07. The van der Waals surface area contributed by atoms with Gasteiger partial charge >= 0.3 is 0 Å². The van der Waals surface area contributed by atoms with Gasteiger partial charge in [-0.3, -0.25) is 20.1 Å². The van der Waals surface area contributed by atoms with Crippen LogP contribution in [0.3, 0.4) is 0 Å². The summed E-state index contributed by atoms with van der Waals surface area (Å²) >= 11 is 0. The minimum absolute atomic E-state index is 0.0881. The van der Waals surface area contributed by atoms with Crippen LogP contribution >= 0.6 is 0 Å². The monoisotopic (exact) mass is 260 g/mol. The van der Waals surface area contributed by atoms with Gasteiger partial charge in [-0.15, -0.1) is 5.11 Å². The summed E-state index contributed by atoms with van der Waals surface area (Å²) in [5.41, 5.74) is 2.21. The lowest BCUT2D eigenvalue weighted by Gasteiger charge is -1.95. The molecule has 0 bridgehead atoms. The Kier molecular flexibility index (Phi) is 4.06. The molecular formula is C7H8N4O5S. The topological polar surface area (TPSA) is 134 Å². The summed E-state index contributed by atoms with van der Waals surface area (Å²) < 4.78 is 28.9. The number of nitro benzene ring substituents is 1. The molecule has 2 N–H and O–H groups in total. The van der Waals surface area contributed by atoms with Crippen LogP contribution in [0, 0.1) is 10.1 Å². The quantitative estimate of drug-likeness (QED) is 0.351. The second-order valence-electron chi connectivity index (χ2n) is 2.86. The lowest BCUT2D eigenvalue weighted by Crippen LogP contribution is -2.16. The van der Waals surface area contributed by atoms with Crippen molar-refractivity contribution in [2.75, 3.05) is 5.88 Å². The number of rotatable bonds is 5. The normalized spacial score (nSPS) is 11.6. The Balaban J connectivity index is 2.58. The lowest BCUT2D eigenvalue weighted by atomic mass is 10.3. The van der Waals surface area contributed by atoms with Crippen molar-refractivity contribution in [3.8, 4) is 0 Å². The zero-order valence-electron chi connectivity index (χ0n) is 8.35. The van der Waals surface area contributed by atoms with E-state index in [0.29, 0.717) is 5.69 Å². The summed E-state index contributed by atoms with van der Waals surface area (Å²) in [5.74, 6) is -0.760. The van der Waals surface area contributed by atoms with Crippen molar-refractivity contribution in [3.05, 3.63) is 34.4 Å². The molecule has 1 aromatic rings. The van der Waals surface area contributed by atoms with Crippen LogP contribution < -0.4 is 5.43 Å². The maximum absolute atomic E-state index is 10.3. The van der Waals surface area contributed by atoms with Crippen molar-refractivity contribution in [1.82, 2.24) is 5.43 Å². The number of hydrogen-bond acceptors (Lipinski definition) is 6. The molecule has 0 heterocycles. The van der Waals surface area contributed by atoms with E-state index in [1.807, 2.05) is 5.43 Å². The van der Waals surface area contributed by atoms with Gasteiger partial charge in [0, 0.05) is 12.1 Å². The molecule has 0 saturated carbocycles. The molecule has 1 rings (SSSR count). The van der Waals surface area contributed by atoms with Gasteiger partial charge in [-0.2, -0.15) is 8.42 Å². The molecule has 0 saturated heterocycles. The number of non-ortho nitro benzene ring substituents is 1. The van der Waals surface area contributed by atoms with E-state index in [1.54, 1.807) is 0 Å². The van der Waals surface area contributed by atoms with Crippen LogP contribution in [0.5, 0.6) is 0 Å². The second-order valence-corrected chi connectivity index (χ2v) is 4.31. The van der Waals surface area contributed by atoms with Crippen molar-refractivity contribution in [3.63, 3.8) is 0 Å². The van der Waals surface area contributed by atoms with E-state index in [0.717, 1.165) is 0 Å². The molecule has 92 valence electrons. The molecule has 0 aliphatic carbocycles. The first-order valence-corrected chi connectivity index (χ1v) is 5.82. The third-order valence-electron chi connectivity index (χ3n) is 1.54. The average Bonchev–Trinajstić information content (AvgIpc) is 2.24. The molecule has 0 unspecified atom stereocenters. The van der Waals surface area contributed by atoms with Gasteiger partial charge in [-0.1, -0.05) is 5.22 Å². The Bertz CT molecular complexity index is 524. The number of hydrogen-bond donors (Lipinski definition) is 2. The fourth-order valence-electron chi connectivity index (χ4n) is 0.845. The highest BCUT2D eigenvalue weighted by Gasteiger charge is 2.03. The fraction of sp³-hybridized carbons (Fsp3) is 0.143. The van der Waals surface area contributed by atoms with Crippen molar-refractivity contribution in [1.29, 1.82) is 0 Å². The molecule has 0 fully saturated rings. The molecular weight excluding hydrogens is 252 g/mol. The van der Waals surface area contributed by atoms with E-state index >= 15 is 0 Å². The van der Waals surface area contributed by atoms with Crippen LogP contribution in [-0.2, 0) is 10.1 Å². The Labute approximate surface area is 96.0 Å². The molecule has 0 atom stereocenters. The molecule has 0 aliphatic rings. The predicted molar refractivity (Wildman–Crippen MR) is 57.2 cm³/mol. The molecule has 0 amide bonds. The smallest absolute Gasteiger partial charge is 0.284 e. The Hall–Kier alpha value is -2.07. The van der Waals surface area contributed by atoms with Gasteiger partial charge in [0.2, 0.25) is 0 Å².